The third-order valence-electron chi connectivity index (χ3n) is 2.16. The number of rotatable bonds is 3. The minimum atomic E-state index is -0.119. The van der Waals surface area contributed by atoms with Crippen molar-refractivity contribution in [3.05, 3.63) is 35.8 Å². The van der Waals surface area contributed by atoms with E-state index in [0.717, 1.165) is 11.3 Å². The maximum atomic E-state index is 12.0. The molecule has 1 rings (SSSR count). The lowest BCUT2D eigenvalue weighted by Crippen LogP contribution is -2.24. The fourth-order valence-corrected chi connectivity index (χ4v) is 1.42. The first-order valence-corrected chi connectivity index (χ1v) is 4.64. The molecule has 80 valence electrons. The van der Waals surface area contributed by atoms with Gasteiger partial charge in [0.15, 0.2) is 0 Å². The summed E-state index contributed by atoms with van der Waals surface area (Å²) in [5, 5.41) is 0. The number of hydrogen-bond acceptors (Lipinski definition) is 2. The Morgan fingerprint density at radius 1 is 1.60 bits per heavy atom. The van der Waals surface area contributed by atoms with E-state index < -0.39 is 0 Å². The Balaban J connectivity index is 3.07. The molecule has 15 heavy (non-hydrogen) atoms. The second-order valence-corrected chi connectivity index (χ2v) is 3.24. The smallest absolute Gasteiger partial charge is 0.265 e. The molecule has 0 saturated carbocycles. The van der Waals surface area contributed by atoms with E-state index in [0.29, 0.717) is 5.56 Å². The average molecular weight is 205 g/mol. The molecule has 0 radical (unpaired) electrons. The minimum absolute atomic E-state index is 0.119. The third kappa shape index (κ3) is 2.15. The van der Waals surface area contributed by atoms with E-state index >= 15 is 0 Å². The molecule has 0 unspecified atom stereocenters. The number of carbonyl (C=O) groups excluding carboxylic acids is 1. The number of hydrogen-bond donors (Lipinski definition) is 1. The summed E-state index contributed by atoms with van der Waals surface area (Å²) in [4.78, 5) is 20.2. The number of H-pyrrole nitrogens is 1. The van der Waals surface area contributed by atoms with Gasteiger partial charge in [-0.15, -0.1) is 0 Å². The van der Waals surface area contributed by atoms with Crippen LogP contribution in [0.3, 0.4) is 0 Å². The van der Waals surface area contributed by atoms with Gasteiger partial charge in [-0.2, -0.15) is 0 Å². The summed E-state index contributed by atoms with van der Waals surface area (Å²) in [5.74, 6) is -0.119. The number of aromatic amines is 1. The van der Waals surface area contributed by atoms with Crippen LogP contribution in [0.25, 0.3) is 0 Å². The topological polar surface area (TPSA) is 48.5 Å². The molecule has 0 aliphatic heterocycles. The Bertz CT molecular complexity index is 384. The Morgan fingerprint density at radius 3 is 2.67 bits per heavy atom. The minimum Gasteiger partial charge on any atom is -0.364 e. The van der Waals surface area contributed by atoms with Crippen molar-refractivity contribution in [2.75, 3.05) is 7.05 Å². The lowest BCUT2D eigenvalue weighted by atomic mass is 10.1. The highest BCUT2D eigenvalue weighted by Crippen LogP contribution is 2.14. The number of aliphatic imine (C=N–C) groups is 1. The normalized spacial score (nSPS) is 10.6. The molecule has 1 aromatic heterocycles. The van der Waals surface area contributed by atoms with Crippen molar-refractivity contribution < 1.29 is 4.79 Å². The molecule has 0 bridgehead atoms. The van der Waals surface area contributed by atoms with Gasteiger partial charge in [0.05, 0.1) is 11.9 Å². The van der Waals surface area contributed by atoms with Crippen LogP contribution in [0.2, 0.25) is 0 Å². The van der Waals surface area contributed by atoms with Crippen molar-refractivity contribution in [2.45, 2.75) is 13.8 Å². The van der Waals surface area contributed by atoms with Crippen LogP contribution < -0.4 is 0 Å². The number of aryl methyl sites for hydroxylation is 2. The fraction of sp³-hybridized carbons (Fsp3) is 0.273. The quantitative estimate of drug-likeness (QED) is 0.594. The summed E-state index contributed by atoms with van der Waals surface area (Å²) in [6, 6.07) is 0. The second kappa shape index (κ2) is 4.59. The second-order valence-electron chi connectivity index (χ2n) is 3.24. The first-order valence-electron chi connectivity index (χ1n) is 4.64. The zero-order chi connectivity index (χ0) is 11.4. The van der Waals surface area contributed by atoms with Gasteiger partial charge in [0.1, 0.15) is 0 Å². The molecule has 0 fully saturated rings. The Morgan fingerprint density at radius 2 is 2.27 bits per heavy atom. The zero-order valence-electron chi connectivity index (χ0n) is 9.24. The largest absolute Gasteiger partial charge is 0.364 e. The van der Waals surface area contributed by atoms with Gasteiger partial charge in [0.25, 0.3) is 5.91 Å². The monoisotopic (exact) mass is 205 g/mol. The van der Waals surface area contributed by atoms with E-state index in [1.54, 1.807) is 7.05 Å². The SMILES string of the molecule is C=CN(C=NC)C(=O)c1c(C)c[nH]c1C. The Hall–Kier alpha value is -1.84. The zero-order valence-corrected chi connectivity index (χ0v) is 9.24. The van der Waals surface area contributed by atoms with Crippen LogP contribution in [-0.4, -0.2) is 29.2 Å². The molecule has 1 heterocycles. The molecule has 0 aromatic carbocycles. The maximum Gasteiger partial charge on any atom is 0.265 e. The highest BCUT2D eigenvalue weighted by Gasteiger charge is 2.17. The van der Waals surface area contributed by atoms with E-state index in [1.165, 1.54) is 17.4 Å². The van der Waals surface area contributed by atoms with E-state index in [2.05, 4.69) is 16.6 Å². The van der Waals surface area contributed by atoms with Gasteiger partial charge >= 0.3 is 0 Å². The number of nitrogens with zero attached hydrogens (tertiary/aromatic N) is 2. The van der Waals surface area contributed by atoms with Crippen molar-refractivity contribution in [1.82, 2.24) is 9.88 Å². The van der Waals surface area contributed by atoms with E-state index in [-0.39, 0.29) is 5.91 Å². The molecule has 4 nitrogen and oxygen atoms in total. The number of carbonyl (C=O) groups is 1. The van der Waals surface area contributed by atoms with E-state index in [9.17, 15) is 4.79 Å². The molecule has 0 aliphatic carbocycles. The number of aromatic nitrogens is 1. The lowest BCUT2D eigenvalue weighted by Gasteiger charge is -2.12. The van der Waals surface area contributed by atoms with Gasteiger partial charge < -0.3 is 4.98 Å². The van der Waals surface area contributed by atoms with Gasteiger partial charge in [0.2, 0.25) is 0 Å². The Labute approximate surface area is 89.3 Å². The van der Waals surface area contributed by atoms with Gasteiger partial charge in [-0.25, -0.2) is 0 Å². The Kier molecular flexibility index (Phi) is 3.44. The maximum absolute atomic E-state index is 12.0. The van der Waals surface area contributed by atoms with Gasteiger partial charge in [-0.05, 0) is 19.4 Å². The summed E-state index contributed by atoms with van der Waals surface area (Å²) in [5.41, 5.74) is 2.46. The fourth-order valence-electron chi connectivity index (χ4n) is 1.42. The van der Waals surface area contributed by atoms with E-state index in [4.69, 9.17) is 0 Å². The van der Waals surface area contributed by atoms with Gasteiger partial charge in [-0.1, -0.05) is 6.58 Å². The predicted molar refractivity (Wildman–Crippen MR) is 61.0 cm³/mol. The van der Waals surface area contributed by atoms with Gasteiger partial charge in [-0.3, -0.25) is 14.7 Å². The van der Waals surface area contributed by atoms with Crippen LogP contribution >= 0.6 is 0 Å². The van der Waals surface area contributed by atoms with E-state index in [1.807, 2.05) is 20.0 Å². The highest BCUT2D eigenvalue weighted by molar-refractivity contribution is 6.03. The van der Waals surface area contributed by atoms with Crippen LogP contribution in [0.15, 0.2) is 24.0 Å². The number of nitrogens with one attached hydrogen (secondary N) is 1. The van der Waals surface area contributed by atoms with Crippen LogP contribution in [0, 0.1) is 13.8 Å². The molecule has 1 N–H and O–H groups in total. The van der Waals surface area contributed by atoms with Crippen molar-refractivity contribution >= 4 is 12.2 Å². The molecule has 4 heteroatoms. The highest BCUT2D eigenvalue weighted by atomic mass is 16.2. The summed E-state index contributed by atoms with van der Waals surface area (Å²) >= 11 is 0. The van der Waals surface area contributed by atoms with Crippen LogP contribution in [0.5, 0.6) is 0 Å². The first-order chi connectivity index (χ1) is 7.11. The third-order valence-corrected chi connectivity index (χ3v) is 2.16. The molecule has 1 aromatic rings. The molecule has 0 atom stereocenters. The molecule has 0 aliphatic rings. The first kappa shape index (κ1) is 11.2. The summed E-state index contributed by atoms with van der Waals surface area (Å²) in [6.07, 6.45) is 4.70. The number of amides is 1. The van der Waals surface area contributed by atoms with Crippen molar-refractivity contribution in [3.63, 3.8) is 0 Å². The predicted octanol–water partition coefficient (Wildman–Crippen LogP) is 1.88. The average Bonchev–Trinajstić information content (AvgIpc) is 2.54. The summed E-state index contributed by atoms with van der Waals surface area (Å²) in [7, 11) is 1.61. The van der Waals surface area contributed by atoms with Crippen LogP contribution in [0.4, 0.5) is 0 Å². The summed E-state index contributed by atoms with van der Waals surface area (Å²) in [6.45, 7) is 7.33. The molecular formula is C11H15N3O. The van der Waals surface area contributed by atoms with Crippen molar-refractivity contribution in [3.8, 4) is 0 Å². The molecule has 0 spiro atoms. The van der Waals surface area contributed by atoms with Crippen molar-refractivity contribution in [1.29, 1.82) is 0 Å². The molecule has 0 saturated heterocycles. The lowest BCUT2D eigenvalue weighted by molar-refractivity contribution is 0.0890. The standard InChI is InChI=1S/C11H15N3O/c1-5-14(7-12-4)11(15)10-8(2)6-13-9(10)3/h5-7,13H,1H2,2-4H3. The molecule has 1 amide bonds. The van der Waals surface area contributed by atoms with Crippen LogP contribution in [-0.2, 0) is 0 Å². The van der Waals surface area contributed by atoms with Crippen LogP contribution in [0.1, 0.15) is 21.6 Å². The summed E-state index contributed by atoms with van der Waals surface area (Å²) < 4.78 is 0. The molecular weight excluding hydrogens is 190 g/mol. The van der Waals surface area contributed by atoms with Gasteiger partial charge in [0, 0.05) is 25.1 Å². The van der Waals surface area contributed by atoms with Crippen molar-refractivity contribution in [2.24, 2.45) is 4.99 Å².